The predicted octanol–water partition coefficient (Wildman–Crippen LogP) is 6.09. The van der Waals surface area contributed by atoms with Gasteiger partial charge >= 0.3 is 0 Å². The van der Waals surface area contributed by atoms with Gasteiger partial charge in [-0.05, 0) is 54.1 Å². The van der Waals surface area contributed by atoms with Gasteiger partial charge in [0.2, 0.25) is 0 Å². The summed E-state index contributed by atoms with van der Waals surface area (Å²) in [5, 5.41) is 5.40. The minimum absolute atomic E-state index is 0.343. The summed E-state index contributed by atoms with van der Waals surface area (Å²) < 4.78 is 6.30. The van der Waals surface area contributed by atoms with E-state index in [0.29, 0.717) is 32.9 Å². The van der Waals surface area contributed by atoms with Crippen molar-refractivity contribution in [1.82, 2.24) is 10.4 Å². The number of methoxy groups -OCH3 is 1. The molecule has 0 unspecified atom stereocenters. The summed E-state index contributed by atoms with van der Waals surface area (Å²) in [5.41, 5.74) is 6.16. The Morgan fingerprint density at radius 1 is 1.06 bits per heavy atom. The van der Waals surface area contributed by atoms with Gasteiger partial charge in [-0.2, -0.15) is 5.10 Å². The third-order valence-electron chi connectivity index (χ3n) is 4.65. The number of carbonyl (C=O) groups excluding carboxylic acids is 1. The van der Waals surface area contributed by atoms with Gasteiger partial charge in [0, 0.05) is 20.4 Å². The highest BCUT2D eigenvalue weighted by atomic mass is 79.9. The van der Waals surface area contributed by atoms with Crippen LogP contribution in [0.3, 0.4) is 0 Å². The fourth-order valence-corrected chi connectivity index (χ4v) is 3.45. The normalized spacial score (nSPS) is 11.1. The number of fused-ring (bicyclic) bond motifs is 1. The average Bonchev–Trinajstić information content (AvgIpc) is 2.79. The largest absolute Gasteiger partial charge is 0.497 e. The van der Waals surface area contributed by atoms with Crippen LogP contribution in [0.1, 0.15) is 15.9 Å². The van der Waals surface area contributed by atoms with E-state index < -0.39 is 0 Å². The van der Waals surface area contributed by atoms with Gasteiger partial charge in [-0.15, -0.1) is 0 Å². The lowest BCUT2D eigenvalue weighted by Crippen LogP contribution is -2.18. The maximum atomic E-state index is 13.0. The van der Waals surface area contributed by atoms with Crippen molar-refractivity contribution in [3.8, 4) is 17.0 Å². The average molecular weight is 495 g/mol. The van der Waals surface area contributed by atoms with Gasteiger partial charge in [-0.3, -0.25) is 4.79 Å². The van der Waals surface area contributed by atoms with Gasteiger partial charge in [0.15, 0.2) is 0 Å². The van der Waals surface area contributed by atoms with E-state index in [4.69, 9.17) is 21.3 Å². The zero-order chi connectivity index (χ0) is 21.8. The van der Waals surface area contributed by atoms with Gasteiger partial charge in [0.25, 0.3) is 5.91 Å². The molecule has 0 bridgehead atoms. The number of hydrazone groups is 1. The number of carbonyl (C=O) groups is 1. The number of benzene rings is 3. The first-order valence-electron chi connectivity index (χ1n) is 9.37. The third-order valence-corrected chi connectivity index (χ3v) is 5.43. The Labute approximate surface area is 192 Å². The third kappa shape index (κ3) is 4.93. The van der Waals surface area contributed by atoms with Crippen LogP contribution in [0, 0.1) is 0 Å². The van der Waals surface area contributed by atoms with Crippen LogP contribution in [0.4, 0.5) is 0 Å². The molecule has 154 valence electrons. The topological polar surface area (TPSA) is 63.6 Å². The number of nitrogens with one attached hydrogen (secondary N) is 1. The highest BCUT2D eigenvalue weighted by Gasteiger charge is 2.15. The summed E-state index contributed by atoms with van der Waals surface area (Å²) in [5.74, 6) is 0.300. The predicted molar refractivity (Wildman–Crippen MR) is 128 cm³/mol. The van der Waals surface area contributed by atoms with Crippen molar-refractivity contribution in [3.63, 3.8) is 0 Å². The summed E-state index contributed by atoms with van der Waals surface area (Å²) in [7, 11) is 1.58. The summed E-state index contributed by atoms with van der Waals surface area (Å²) in [4.78, 5) is 17.7. The second-order valence-corrected chi connectivity index (χ2v) is 8.05. The number of halogens is 2. The molecule has 0 aliphatic heterocycles. The van der Waals surface area contributed by atoms with Gasteiger partial charge < -0.3 is 4.74 Å². The molecule has 1 amide bonds. The zero-order valence-electron chi connectivity index (χ0n) is 16.5. The number of pyridine rings is 1. The van der Waals surface area contributed by atoms with E-state index in [1.165, 1.54) is 0 Å². The minimum atomic E-state index is -0.343. The fraction of sp³-hybridized carbons (Fsp3) is 0.0417. The van der Waals surface area contributed by atoms with Crippen LogP contribution in [0.2, 0.25) is 5.02 Å². The van der Waals surface area contributed by atoms with Crippen molar-refractivity contribution in [2.45, 2.75) is 0 Å². The molecule has 0 fully saturated rings. The van der Waals surface area contributed by atoms with E-state index in [9.17, 15) is 4.79 Å². The summed E-state index contributed by atoms with van der Waals surface area (Å²) in [6, 6.07) is 22.1. The van der Waals surface area contributed by atoms with Crippen molar-refractivity contribution < 1.29 is 9.53 Å². The Morgan fingerprint density at radius 3 is 2.52 bits per heavy atom. The molecule has 4 rings (SSSR count). The molecule has 0 saturated heterocycles. The quantitative estimate of drug-likeness (QED) is 0.270. The second kappa shape index (κ2) is 9.29. The van der Waals surface area contributed by atoms with Crippen LogP contribution >= 0.6 is 27.5 Å². The second-order valence-electron chi connectivity index (χ2n) is 6.70. The molecular weight excluding hydrogens is 478 g/mol. The van der Waals surface area contributed by atoms with Gasteiger partial charge in [-0.1, -0.05) is 51.8 Å². The SMILES string of the molecule is COc1ccc2nc(-c3ccc(Br)cc3)cc(C(=O)NN=Cc3ccc(Cl)cc3)c2c1. The van der Waals surface area contributed by atoms with E-state index in [1.807, 2.05) is 48.5 Å². The number of amides is 1. The summed E-state index contributed by atoms with van der Waals surface area (Å²) in [6.07, 6.45) is 1.56. The number of hydrogen-bond donors (Lipinski definition) is 1. The van der Waals surface area contributed by atoms with E-state index in [2.05, 4.69) is 26.5 Å². The van der Waals surface area contributed by atoms with Crippen LogP contribution in [0.15, 0.2) is 82.4 Å². The van der Waals surface area contributed by atoms with Crippen molar-refractivity contribution in [2.24, 2.45) is 5.10 Å². The maximum absolute atomic E-state index is 13.0. The summed E-state index contributed by atoms with van der Waals surface area (Å²) >= 11 is 9.34. The minimum Gasteiger partial charge on any atom is -0.497 e. The highest BCUT2D eigenvalue weighted by Crippen LogP contribution is 2.28. The van der Waals surface area contributed by atoms with E-state index in [1.54, 1.807) is 37.6 Å². The molecule has 0 aliphatic rings. The lowest BCUT2D eigenvalue weighted by molar-refractivity contribution is 0.0956. The molecule has 4 aromatic rings. The van der Waals surface area contributed by atoms with Gasteiger partial charge in [0.1, 0.15) is 5.75 Å². The van der Waals surface area contributed by atoms with Crippen LogP contribution in [0.25, 0.3) is 22.2 Å². The van der Waals surface area contributed by atoms with Crippen molar-refractivity contribution in [1.29, 1.82) is 0 Å². The molecule has 0 aliphatic carbocycles. The molecule has 3 aromatic carbocycles. The number of nitrogens with zero attached hydrogens (tertiary/aromatic N) is 2. The molecule has 5 nitrogen and oxygen atoms in total. The molecule has 1 N–H and O–H groups in total. The number of aromatic nitrogens is 1. The first-order chi connectivity index (χ1) is 15.0. The Balaban J connectivity index is 1.71. The van der Waals surface area contributed by atoms with Gasteiger partial charge in [0.05, 0.1) is 30.1 Å². The van der Waals surface area contributed by atoms with E-state index in [-0.39, 0.29) is 5.91 Å². The van der Waals surface area contributed by atoms with Crippen molar-refractivity contribution in [3.05, 3.63) is 93.4 Å². The Morgan fingerprint density at radius 2 is 1.81 bits per heavy atom. The molecule has 0 spiro atoms. The zero-order valence-corrected chi connectivity index (χ0v) is 18.8. The summed E-state index contributed by atoms with van der Waals surface area (Å²) in [6.45, 7) is 0. The van der Waals surface area contributed by atoms with Crippen molar-refractivity contribution in [2.75, 3.05) is 7.11 Å². The van der Waals surface area contributed by atoms with Gasteiger partial charge in [-0.25, -0.2) is 10.4 Å². The molecule has 31 heavy (non-hydrogen) atoms. The Hall–Kier alpha value is -3.22. The molecule has 0 radical (unpaired) electrons. The van der Waals surface area contributed by atoms with E-state index >= 15 is 0 Å². The van der Waals surface area contributed by atoms with Crippen LogP contribution < -0.4 is 10.2 Å². The molecule has 7 heteroatoms. The maximum Gasteiger partial charge on any atom is 0.272 e. The van der Waals surface area contributed by atoms with E-state index in [0.717, 1.165) is 15.6 Å². The fourth-order valence-electron chi connectivity index (χ4n) is 3.06. The van der Waals surface area contributed by atoms with Crippen LogP contribution in [-0.2, 0) is 0 Å². The molecule has 1 aromatic heterocycles. The smallest absolute Gasteiger partial charge is 0.272 e. The highest BCUT2D eigenvalue weighted by molar-refractivity contribution is 9.10. The Kier molecular flexibility index (Phi) is 6.30. The number of ether oxygens (including phenoxy) is 1. The number of hydrogen-bond acceptors (Lipinski definition) is 4. The lowest BCUT2D eigenvalue weighted by atomic mass is 10.0. The molecular formula is C24H17BrClN3O2. The standard InChI is InChI=1S/C24H17BrClN3O2/c1-31-19-10-11-22-20(12-19)21(13-23(28-22)16-4-6-17(25)7-5-16)24(30)29-27-14-15-2-8-18(26)9-3-15/h2-14H,1H3,(H,29,30). The monoisotopic (exact) mass is 493 g/mol. The molecule has 0 atom stereocenters. The van der Waals surface area contributed by atoms with Crippen LogP contribution in [0.5, 0.6) is 5.75 Å². The van der Waals surface area contributed by atoms with Crippen molar-refractivity contribution >= 4 is 50.6 Å². The number of rotatable bonds is 5. The Bertz CT molecular complexity index is 1270. The lowest BCUT2D eigenvalue weighted by Gasteiger charge is -2.10. The van der Waals surface area contributed by atoms with Crippen LogP contribution in [-0.4, -0.2) is 24.2 Å². The molecule has 0 saturated carbocycles. The first-order valence-corrected chi connectivity index (χ1v) is 10.5. The molecule has 1 heterocycles. The first kappa shape index (κ1) is 21.0.